The lowest BCUT2D eigenvalue weighted by Gasteiger charge is -2.38. The third kappa shape index (κ3) is 2.72. The van der Waals surface area contributed by atoms with Crippen LogP contribution in [0.3, 0.4) is 0 Å². The third-order valence-corrected chi connectivity index (χ3v) is 2.62. The maximum atomic E-state index is 4.23. The Morgan fingerprint density at radius 1 is 1.40 bits per heavy atom. The van der Waals surface area contributed by atoms with E-state index in [4.69, 9.17) is 0 Å². The van der Waals surface area contributed by atoms with Crippen molar-refractivity contribution in [3.63, 3.8) is 0 Å². The van der Waals surface area contributed by atoms with Crippen molar-refractivity contribution in [1.29, 1.82) is 0 Å². The molecule has 0 saturated carbocycles. The Morgan fingerprint density at radius 3 is 2.20 bits per heavy atom. The average Bonchev–Trinajstić information content (AvgIpc) is 1.86. The highest BCUT2D eigenvalue weighted by Gasteiger charge is 2.15. The fraction of sp³-hybridized carbons (Fsp3) is 0.900. The summed E-state index contributed by atoms with van der Waals surface area (Å²) in [7, 11) is 0. The van der Waals surface area contributed by atoms with E-state index in [1.807, 2.05) is 0 Å². The SMILES string of the molecule is [CH2-]C(C)(CCC)C(C)CC. The first kappa shape index (κ1) is 10.0. The summed E-state index contributed by atoms with van der Waals surface area (Å²) in [4.78, 5) is 0. The molecule has 0 aromatic carbocycles. The molecule has 2 atom stereocenters. The highest BCUT2D eigenvalue weighted by molar-refractivity contribution is 4.80. The molecule has 62 valence electrons. The highest BCUT2D eigenvalue weighted by atomic mass is 14.3. The van der Waals surface area contributed by atoms with Gasteiger partial charge in [0.25, 0.3) is 0 Å². The fourth-order valence-corrected chi connectivity index (χ4v) is 1.31. The predicted molar refractivity (Wildman–Crippen MR) is 47.8 cm³/mol. The fourth-order valence-electron chi connectivity index (χ4n) is 1.31. The minimum Gasteiger partial charge on any atom is -0.337 e. The molecule has 0 heterocycles. The zero-order valence-electron chi connectivity index (χ0n) is 7.91. The van der Waals surface area contributed by atoms with E-state index >= 15 is 0 Å². The second-order valence-electron chi connectivity index (χ2n) is 3.71. The molecule has 0 aromatic rings. The average molecular weight is 141 g/mol. The van der Waals surface area contributed by atoms with Crippen LogP contribution in [0.4, 0.5) is 0 Å². The van der Waals surface area contributed by atoms with Crippen LogP contribution in [0.5, 0.6) is 0 Å². The molecule has 0 aliphatic carbocycles. The van der Waals surface area contributed by atoms with Crippen LogP contribution >= 0.6 is 0 Å². The van der Waals surface area contributed by atoms with Gasteiger partial charge in [0, 0.05) is 0 Å². The summed E-state index contributed by atoms with van der Waals surface area (Å²) in [5.74, 6) is 0.757. The highest BCUT2D eigenvalue weighted by Crippen LogP contribution is 2.32. The summed E-state index contributed by atoms with van der Waals surface area (Å²) in [6.45, 7) is 13.3. The molecule has 0 bridgehead atoms. The normalized spacial score (nSPS) is 20.1. The van der Waals surface area contributed by atoms with Crippen molar-refractivity contribution in [1.82, 2.24) is 0 Å². The molecular formula is C10H21-. The maximum Gasteiger partial charge on any atom is -0.0555 e. The molecule has 0 aliphatic rings. The van der Waals surface area contributed by atoms with Gasteiger partial charge in [-0.2, -0.15) is 5.41 Å². The van der Waals surface area contributed by atoms with Crippen molar-refractivity contribution >= 4 is 0 Å². The molecule has 0 saturated heterocycles. The van der Waals surface area contributed by atoms with Gasteiger partial charge in [-0.1, -0.05) is 52.9 Å². The van der Waals surface area contributed by atoms with Gasteiger partial charge in [0.2, 0.25) is 0 Å². The molecular weight excluding hydrogens is 120 g/mol. The van der Waals surface area contributed by atoms with Crippen LogP contribution in [-0.2, 0) is 0 Å². The minimum atomic E-state index is 0.309. The Labute approximate surface area is 66.0 Å². The minimum absolute atomic E-state index is 0.309. The molecule has 0 aromatic heterocycles. The van der Waals surface area contributed by atoms with Gasteiger partial charge in [0.15, 0.2) is 0 Å². The molecule has 0 heteroatoms. The van der Waals surface area contributed by atoms with E-state index in [1.54, 1.807) is 0 Å². The summed E-state index contributed by atoms with van der Waals surface area (Å²) in [5.41, 5.74) is 0.309. The number of rotatable bonds is 4. The van der Waals surface area contributed by atoms with Crippen LogP contribution in [0, 0.1) is 18.3 Å². The van der Waals surface area contributed by atoms with E-state index in [-0.39, 0.29) is 0 Å². The lowest BCUT2D eigenvalue weighted by atomic mass is 9.75. The van der Waals surface area contributed by atoms with Crippen LogP contribution in [0.15, 0.2) is 0 Å². The van der Waals surface area contributed by atoms with E-state index < -0.39 is 0 Å². The van der Waals surface area contributed by atoms with Gasteiger partial charge in [-0.15, -0.1) is 0 Å². The molecule has 0 amide bonds. The molecule has 0 radical (unpaired) electrons. The standard InChI is InChI=1S/C10H21/c1-6-8-10(4,5)9(3)7-2/h9H,4,6-8H2,1-3,5H3/q-1. The molecule has 0 rings (SSSR count). The van der Waals surface area contributed by atoms with Crippen LogP contribution in [0.1, 0.15) is 47.0 Å². The van der Waals surface area contributed by atoms with Crippen molar-refractivity contribution in [2.24, 2.45) is 11.3 Å². The predicted octanol–water partition coefficient (Wildman–Crippen LogP) is 3.67. The largest absolute Gasteiger partial charge is 0.337 e. The third-order valence-electron chi connectivity index (χ3n) is 2.62. The maximum absolute atomic E-state index is 4.23. The quantitative estimate of drug-likeness (QED) is 0.524. The zero-order chi connectivity index (χ0) is 8.20. The molecule has 0 N–H and O–H groups in total. The van der Waals surface area contributed by atoms with E-state index in [1.165, 1.54) is 19.3 Å². The summed E-state index contributed by atoms with van der Waals surface area (Å²) in [6, 6.07) is 0. The van der Waals surface area contributed by atoms with Gasteiger partial charge in [-0.3, -0.25) is 0 Å². The first-order valence-electron chi connectivity index (χ1n) is 4.40. The lowest BCUT2D eigenvalue weighted by Crippen LogP contribution is -2.20. The Bertz CT molecular complexity index is 82.0. The zero-order valence-corrected chi connectivity index (χ0v) is 7.91. The van der Waals surface area contributed by atoms with Crippen molar-refractivity contribution in [3.05, 3.63) is 6.92 Å². The Kier molecular flexibility index (Phi) is 4.00. The van der Waals surface area contributed by atoms with Crippen LogP contribution in [0.2, 0.25) is 0 Å². The van der Waals surface area contributed by atoms with Gasteiger partial charge >= 0.3 is 0 Å². The molecule has 0 nitrogen and oxygen atoms in total. The number of hydrogen-bond acceptors (Lipinski definition) is 0. The summed E-state index contributed by atoms with van der Waals surface area (Å²) >= 11 is 0. The molecule has 0 fully saturated rings. The van der Waals surface area contributed by atoms with E-state index in [9.17, 15) is 0 Å². The van der Waals surface area contributed by atoms with Crippen LogP contribution in [-0.4, -0.2) is 0 Å². The molecule has 0 spiro atoms. The lowest BCUT2D eigenvalue weighted by molar-refractivity contribution is 0.242. The Balaban J connectivity index is 3.82. The summed E-state index contributed by atoms with van der Waals surface area (Å²) in [5, 5.41) is 0. The van der Waals surface area contributed by atoms with Crippen molar-refractivity contribution in [3.8, 4) is 0 Å². The van der Waals surface area contributed by atoms with Gasteiger partial charge < -0.3 is 6.92 Å². The molecule has 0 aliphatic heterocycles. The first-order chi connectivity index (χ1) is 4.54. The van der Waals surface area contributed by atoms with Crippen molar-refractivity contribution in [2.45, 2.75) is 47.0 Å². The Hall–Kier alpha value is 0. The topological polar surface area (TPSA) is 0 Å². The van der Waals surface area contributed by atoms with Gasteiger partial charge in [0.1, 0.15) is 0 Å². The van der Waals surface area contributed by atoms with Crippen molar-refractivity contribution in [2.75, 3.05) is 0 Å². The van der Waals surface area contributed by atoms with Crippen molar-refractivity contribution < 1.29 is 0 Å². The summed E-state index contributed by atoms with van der Waals surface area (Å²) < 4.78 is 0. The second-order valence-corrected chi connectivity index (χ2v) is 3.71. The van der Waals surface area contributed by atoms with Crippen LogP contribution < -0.4 is 0 Å². The Morgan fingerprint density at radius 2 is 1.90 bits per heavy atom. The number of hydrogen-bond donors (Lipinski definition) is 0. The second kappa shape index (κ2) is 4.00. The molecule has 10 heavy (non-hydrogen) atoms. The monoisotopic (exact) mass is 141 g/mol. The van der Waals surface area contributed by atoms with Gasteiger partial charge in [-0.05, 0) is 0 Å². The van der Waals surface area contributed by atoms with E-state index in [0.29, 0.717) is 5.41 Å². The summed E-state index contributed by atoms with van der Waals surface area (Å²) in [6.07, 6.45) is 3.76. The van der Waals surface area contributed by atoms with Gasteiger partial charge in [0.05, 0.1) is 0 Å². The smallest absolute Gasteiger partial charge is 0.0555 e. The van der Waals surface area contributed by atoms with Crippen LogP contribution in [0.25, 0.3) is 0 Å². The van der Waals surface area contributed by atoms with Gasteiger partial charge in [-0.25, -0.2) is 0 Å². The van der Waals surface area contributed by atoms with E-state index in [0.717, 1.165) is 5.92 Å². The molecule has 2 unspecified atom stereocenters. The van der Waals surface area contributed by atoms with E-state index in [2.05, 4.69) is 34.6 Å². The first-order valence-corrected chi connectivity index (χ1v) is 4.40.